The number of carbonyl (C=O) groups is 1. The van der Waals surface area contributed by atoms with Gasteiger partial charge in [0.05, 0.1) is 6.04 Å². The lowest BCUT2D eigenvalue weighted by Gasteiger charge is -2.31. The summed E-state index contributed by atoms with van der Waals surface area (Å²) in [4.78, 5) is 16.0. The highest BCUT2D eigenvalue weighted by molar-refractivity contribution is 5.80. The highest BCUT2D eigenvalue weighted by Crippen LogP contribution is 2.11. The van der Waals surface area contributed by atoms with Crippen molar-refractivity contribution in [2.24, 2.45) is 0 Å². The second-order valence-electron chi connectivity index (χ2n) is 5.20. The number of hydrogen-bond donors (Lipinski definition) is 1. The van der Waals surface area contributed by atoms with Gasteiger partial charge >= 0.3 is 0 Å². The molecule has 1 saturated heterocycles. The van der Waals surface area contributed by atoms with E-state index in [-0.39, 0.29) is 11.9 Å². The van der Waals surface area contributed by atoms with Gasteiger partial charge in [-0.1, -0.05) is 6.92 Å². The summed E-state index contributed by atoms with van der Waals surface area (Å²) >= 11 is 0. The van der Waals surface area contributed by atoms with Crippen molar-refractivity contribution < 1.29 is 4.79 Å². The minimum Gasteiger partial charge on any atom is -0.347 e. The first-order chi connectivity index (χ1) is 8.06. The molecular formula is C13H27N3O. The second kappa shape index (κ2) is 6.97. The molecule has 100 valence electrons. The molecule has 1 aliphatic heterocycles. The predicted octanol–water partition coefficient (Wildman–Crippen LogP) is 0.927. The lowest BCUT2D eigenvalue weighted by Crippen LogP contribution is -2.49. The molecule has 2 unspecified atom stereocenters. The van der Waals surface area contributed by atoms with Gasteiger partial charge in [-0.05, 0) is 39.3 Å². The second-order valence-corrected chi connectivity index (χ2v) is 5.20. The molecule has 1 N–H and O–H groups in total. The van der Waals surface area contributed by atoms with Crippen molar-refractivity contribution in [1.82, 2.24) is 15.1 Å². The van der Waals surface area contributed by atoms with Crippen LogP contribution in [0.1, 0.15) is 33.1 Å². The maximum Gasteiger partial charge on any atom is 0.239 e. The molecule has 0 aromatic heterocycles. The van der Waals surface area contributed by atoms with E-state index in [1.54, 1.807) is 4.90 Å². The summed E-state index contributed by atoms with van der Waals surface area (Å²) in [5, 5.41) is 3.50. The third-order valence-electron chi connectivity index (χ3n) is 3.47. The smallest absolute Gasteiger partial charge is 0.239 e. The van der Waals surface area contributed by atoms with Crippen LogP contribution >= 0.6 is 0 Å². The van der Waals surface area contributed by atoms with E-state index in [9.17, 15) is 4.79 Å². The van der Waals surface area contributed by atoms with Crippen molar-refractivity contribution in [3.63, 3.8) is 0 Å². The fourth-order valence-electron chi connectivity index (χ4n) is 2.46. The number of amides is 1. The van der Waals surface area contributed by atoms with Crippen molar-refractivity contribution in [3.8, 4) is 0 Å². The van der Waals surface area contributed by atoms with Gasteiger partial charge in [-0.2, -0.15) is 0 Å². The molecule has 0 aliphatic carbocycles. The zero-order chi connectivity index (χ0) is 12.8. The minimum atomic E-state index is -0.00708. The number of nitrogens with one attached hydrogen (secondary N) is 1. The summed E-state index contributed by atoms with van der Waals surface area (Å²) in [7, 11) is 3.66. The first-order valence-corrected chi connectivity index (χ1v) is 6.74. The molecule has 0 spiro atoms. The Balaban J connectivity index is 2.53. The van der Waals surface area contributed by atoms with Crippen LogP contribution < -0.4 is 5.32 Å². The average Bonchev–Trinajstić information content (AvgIpc) is 2.79. The first-order valence-electron chi connectivity index (χ1n) is 6.74. The molecule has 1 amide bonds. The lowest BCUT2D eigenvalue weighted by atomic mass is 10.1. The van der Waals surface area contributed by atoms with Gasteiger partial charge in [0.1, 0.15) is 0 Å². The zero-order valence-electron chi connectivity index (χ0n) is 11.7. The highest BCUT2D eigenvalue weighted by atomic mass is 16.2. The Hall–Kier alpha value is -0.610. The molecule has 4 heteroatoms. The highest BCUT2D eigenvalue weighted by Gasteiger charge is 2.25. The third kappa shape index (κ3) is 4.28. The quantitative estimate of drug-likeness (QED) is 0.751. The molecule has 0 radical (unpaired) electrons. The SMILES string of the molecule is CCCN(CC1CCCN1)C(C)C(=O)N(C)C. The van der Waals surface area contributed by atoms with Gasteiger partial charge in [-0.3, -0.25) is 9.69 Å². The van der Waals surface area contributed by atoms with E-state index < -0.39 is 0 Å². The Morgan fingerprint density at radius 2 is 2.18 bits per heavy atom. The molecule has 0 aromatic rings. The molecular weight excluding hydrogens is 214 g/mol. The summed E-state index contributed by atoms with van der Waals surface area (Å²) in [5.41, 5.74) is 0. The van der Waals surface area contributed by atoms with E-state index in [4.69, 9.17) is 0 Å². The van der Waals surface area contributed by atoms with Gasteiger partial charge < -0.3 is 10.2 Å². The molecule has 0 aromatic carbocycles. The fraction of sp³-hybridized carbons (Fsp3) is 0.923. The summed E-state index contributed by atoms with van der Waals surface area (Å²) in [5.74, 6) is 0.205. The van der Waals surface area contributed by atoms with Crippen LogP contribution in [0.2, 0.25) is 0 Å². The summed E-state index contributed by atoms with van der Waals surface area (Å²) in [6.07, 6.45) is 3.60. The van der Waals surface area contributed by atoms with Gasteiger partial charge in [0.2, 0.25) is 5.91 Å². The van der Waals surface area contributed by atoms with Crippen LogP contribution in [-0.4, -0.2) is 61.5 Å². The van der Waals surface area contributed by atoms with Crippen molar-refractivity contribution >= 4 is 5.91 Å². The molecule has 1 heterocycles. The van der Waals surface area contributed by atoms with E-state index in [0.29, 0.717) is 6.04 Å². The van der Waals surface area contributed by atoms with E-state index in [1.807, 2.05) is 21.0 Å². The molecule has 0 bridgehead atoms. The molecule has 1 aliphatic rings. The van der Waals surface area contributed by atoms with Gasteiger partial charge in [-0.25, -0.2) is 0 Å². The monoisotopic (exact) mass is 241 g/mol. The maximum atomic E-state index is 12.0. The van der Waals surface area contributed by atoms with Gasteiger partial charge in [0.15, 0.2) is 0 Å². The van der Waals surface area contributed by atoms with Crippen molar-refractivity contribution in [2.75, 3.05) is 33.7 Å². The molecule has 1 fully saturated rings. The van der Waals surface area contributed by atoms with E-state index in [0.717, 1.165) is 26.1 Å². The third-order valence-corrected chi connectivity index (χ3v) is 3.47. The number of likely N-dealkylation sites (N-methyl/N-ethyl adjacent to an activating group) is 1. The summed E-state index contributed by atoms with van der Waals surface area (Å²) < 4.78 is 0. The fourth-order valence-corrected chi connectivity index (χ4v) is 2.46. The van der Waals surface area contributed by atoms with Crippen LogP contribution in [-0.2, 0) is 4.79 Å². The van der Waals surface area contributed by atoms with E-state index >= 15 is 0 Å². The Bertz CT molecular complexity index is 237. The zero-order valence-corrected chi connectivity index (χ0v) is 11.7. The van der Waals surface area contributed by atoms with Crippen LogP contribution in [0.15, 0.2) is 0 Å². The Kier molecular flexibility index (Phi) is 5.92. The normalized spacial score (nSPS) is 21.8. The van der Waals surface area contributed by atoms with Crippen LogP contribution in [0.3, 0.4) is 0 Å². The van der Waals surface area contributed by atoms with E-state index in [2.05, 4.69) is 17.1 Å². The Morgan fingerprint density at radius 1 is 1.47 bits per heavy atom. The van der Waals surface area contributed by atoms with Gasteiger partial charge in [-0.15, -0.1) is 0 Å². The van der Waals surface area contributed by atoms with Crippen molar-refractivity contribution in [3.05, 3.63) is 0 Å². The number of rotatable bonds is 6. The Labute approximate surface area is 105 Å². The molecule has 4 nitrogen and oxygen atoms in total. The standard InChI is InChI=1S/C13H27N3O/c1-5-9-16(10-12-7-6-8-14-12)11(2)13(17)15(3)4/h11-12,14H,5-10H2,1-4H3. The van der Waals surface area contributed by atoms with E-state index in [1.165, 1.54) is 12.8 Å². The number of hydrogen-bond acceptors (Lipinski definition) is 3. The molecule has 0 saturated carbocycles. The van der Waals surface area contributed by atoms with Crippen LogP contribution in [0.5, 0.6) is 0 Å². The van der Waals surface area contributed by atoms with Crippen LogP contribution in [0.4, 0.5) is 0 Å². The molecule has 2 atom stereocenters. The van der Waals surface area contributed by atoms with Crippen LogP contribution in [0.25, 0.3) is 0 Å². The Morgan fingerprint density at radius 3 is 2.65 bits per heavy atom. The number of carbonyl (C=O) groups excluding carboxylic acids is 1. The predicted molar refractivity (Wildman–Crippen MR) is 71.0 cm³/mol. The molecule has 1 rings (SSSR count). The topological polar surface area (TPSA) is 35.6 Å². The summed E-state index contributed by atoms with van der Waals surface area (Å²) in [6, 6.07) is 0.561. The first kappa shape index (κ1) is 14.5. The van der Waals surface area contributed by atoms with Crippen molar-refractivity contribution in [1.29, 1.82) is 0 Å². The minimum absolute atomic E-state index is 0.00708. The van der Waals surface area contributed by atoms with Crippen molar-refractivity contribution in [2.45, 2.75) is 45.2 Å². The molecule has 17 heavy (non-hydrogen) atoms. The van der Waals surface area contributed by atoms with Crippen LogP contribution in [0, 0.1) is 0 Å². The largest absolute Gasteiger partial charge is 0.347 e. The number of nitrogens with zero attached hydrogens (tertiary/aromatic N) is 2. The lowest BCUT2D eigenvalue weighted by molar-refractivity contribution is -0.134. The maximum absolute atomic E-state index is 12.0. The summed E-state index contributed by atoms with van der Waals surface area (Å²) in [6.45, 7) is 7.31. The van der Waals surface area contributed by atoms with Gasteiger partial charge in [0, 0.05) is 26.7 Å². The average molecular weight is 241 g/mol. The van der Waals surface area contributed by atoms with Gasteiger partial charge in [0.25, 0.3) is 0 Å².